The highest BCUT2D eigenvalue weighted by Gasteiger charge is 2.23. The minimum Gasteiger partial charge on any atom is -0.454 e. The van der Waals surface area contributed by atoms with Crippen LogP contribution in [-0.2, 0) is 10.0 Å². The first-order valence-corrected chi connectivity index (χ1v) is 8.87. The van der Waals surface area contributed by atoms with Gasteiger partial charge in [0.05, 0.1) is 4.90 Å². The van der Waals surface area contributed by atoms with Crippen molar-refractivity contribution in [2.75, 3.05) is 46.1 Å². The van der Waals surface area contributed by atoms with E-state index >= 15 is 0 Å². The van der Waals surface area contributed by atoms with Gasteiger partial charge in [-0.3, -0.25) is 4.90 Å². The van der Waals surface area contributed by atoms with Gasteiger partial charge in [-0.15, -0.1) is 24.8 Å². The summed E-state index contributed by atoms with van der Waals surface area (Å²) in [5, 5.41) is 3.27. The van der Waals surface area contributed by atoms with Gasteiger partial charge in [0.1, 0.15) is 0 Å². The Morgan fingerprint density at radius 2 is 1.79 bits per heavy atom. The zero-order chi connectivity index (χ0) is 15.6. The van der Waals surface area contributed by atoms with Crippen LogP contribution in [0.25, 0.3) is 0 Å². The van der Waals surface area contributed by atoms with E-state index < -0.39 is 10.0 Å². The van der Waals surface area contributed by atoms with E-state index in [2.05, 4.69) is 14.9 Å². The number of piperazine rings is 1. The molecule has 0 radical (unpaired) electrons. The van der Waals surface area contributed by atoms with E-state index in [1.165, 1.54) is 6.07 Å². The van der Waals surface area contributed by atoms with Gasteiger partial charge in [0, 0.05) is 45.3 Å². The summed E-state index contributed by atoms with van der Waals surface area (Å²) in [5.41, 5.74) is 0.652. The normalized spacial score (nSPS) is 17.0. The number of ether oxygens (including phenoxy) is 2. The van der Waals surface area contributed by atoms with Gasteiger partial charge in [-0.25, -0.2) is 13.1 Å². The summed E-state index contributed by atoms with van der Waals surface area (Å²) in [5.74, 6) is 1.07. The van der Waals surface area contributed by atoms with Crippen molar-refractivity contribution in [3.05, 3.63) is 17.7 Å². The molecule has 2 heterocycles. The van der Waals surface area contributed by atoms with E-state index in [9.17, 15) is 8.42 Å². The minimum atomic E-state index is -3.54. The molecule has 1 saturated heterocycles. The fourth-order valence-electron chi connectivity index (χ4n) is 2.67. The first kappa shape index (κ1) is 21.3. The van der Waals surface area contributed by atoms with Crippen molar-refractivity contribution in [3.8, 4) is 11.5 Å². The molecule has 0 bridgehead atoms. The molecule has 0 amide bonds. The molecule has 24 heavy (non-hydrogen) atoms. The maximum absolute atomic E-state index is 12.5. The van der Waals surface area contributed by atoms with Gasteiger partial charge in [0.25, 0.3) is 0 Å². The molecule has 3 rings (SSSR count). The molecule has 0 unspecified atom stereocenters. The SMILES string of the molecule is Cc1cc2c(cc1S(=O)(=O)NCCN1CCNCC1)OCO2.Cl.Cl. The number of nitrogens with one attached hydrogen (secondary N) is 2. The molecular weight excluding hydrogens is 377 g/mol. The molecule has 10 heteroatoms. The monoisotopic (exact) mass is 399 g/mol. The Kier molecular flexibility index (Phi) is 8.04. The second kappa shape index (κ2) is 9.07. The van der Waals surface area contributed by atoms with Crippen molar-refractivity contribution >= 4 is 34.8 Å². The molecule has 0 spiro atoms. The van der Waals surface area contributed by atoms with E-state index in [1.807, 2.05) is 0 Å². The Morgan fingerprint density at radius 1 is 1.17 bits per heavy atom. The maximum atomic E-state index is 12.5. The standard InChI is InChI=1S/C14H21N3O4S.2ClH/c1-11-8-12-13(21-10-20-12)9-14(11)22(18,19)16-4-7-17-5-2-15-3-6-17;;/h8-9,15-16H,2-7,10H2,1H3;2*1H. The van der Waals surface area contributed by atoms with Crippen LogP contribution in [0.5, 0.6) is 11.5 Å². The number of hydrogen-bond donors (Lipinski definition) is 2. The summed E-state index contributed by atoms with van der Waals surface area (Å²) < 4.78 is 38.1. The van der Waals surface area contributed by atoms with E-state index in [0.717, 1.165) is 26.2 Å². The van der Waals surface area contributed by atoms with Crippen molar-refractivity contribution in [2.24, 2.45) is 0 Å². The van der Waals surface area contributed by atoms with E-state index in [-0.39, 0.29) is 36.5 Å². The molecule has 138 valence electrons. The Morgan fingerprint density at radius 3 is 2.46 bits per heavy atom. The molecule has 2 aliphatic rings. The van der Waals surface area contributed by atoms with Crippen molar-refractivity contribution < 1.29 is 17.9 Å². The molecule has 1 fully saturated rings. The van der Waals surface area contributed by atoms with Crippen LogP contribution in [0, 0.1) is 6.92 Å². The first-order valence-electron chi connectivity index (χ1n) is 7.39. The molecule has 1 aromatic rings. The first-order chi connectivity index (χ1) is 10.6. The maximum Gasteiger partial charge on any atom is 0.241 e. The lowest BCUT2D eigenvalue weighted by Crippen LogP contribution is -2.46. The lowest BCUT2D eigenvalue weighted by molar-refractivity contribution is 0.174. The van der Waals surface area contributed by atoms with Gasteiger partial charge in [0.15, 0.2) is 11.5 Å². The highest BCUT2D eigenvalue weighted by Crippen LogP contribution is 2.36. The molecule has 0 saturated carbocycles. The van der Waals surface area contributed by atoms with Crippen LogP contribution in [0.1, 0.15) is 5.56 Å². The van der Waals surface area contributed by atoms with Gasteiger partial charge in [0.2, 0.25) is 16.8 Å². The topological polar surface area (TPSA) is 79.9 Å². The molecule has 1 aromatic carbocycles. The van der Waals surface area contributed by atoms with Gasteiger partial charge in [-0.1, -0.05) is 0 Å². The number of sulfonamides is 1. The van der Waals surface area contributed by atoms with Crippen LogP contribution in [-0.4, -0.2) is 59.4 Å². The third kappa shape index (κ3) is 4.87. The smallest absolute Gasteiger partial charge is 0.241 e. The lowest BCUT2D eigenvalue weighted by atomic mass is 10.2. The summed E-state index contributed by atoms with van der Waals surface area (Å²) in [6, 6.07) is 3.23. The van der Waals surface area contributed by atoms with E-state index in [1.54, 1.807) is 13.0 Å². The number of halogens is 2. The number of aryl methyl sites for hydroxylation is 1. The highest BCUT2D eigenvalue weighted by molar-refractivity contribution is 7.89. The molecule has 0 aliphatic carbocycles. The lowest BCUT2D eigenvalue weighted by Gasteiger charge is -2.27. The zero-order valence-electron chi connectivity index (χ0n) is 13.4. The summed E-state index contributed by atoms with van der Waals surface area (Å²) in [6.07, 6.45) is 0. The van der Waals surface area contributed by atoms with E-state index in [0.29, 0.717) is 30.2 Å². The number of rotatable bonds is 5. The molecule has 7 nitrogen and oxygen atoms in total. The Bertz CT molecular complexity index is 652. The largest absolute Gasteiger partial charge is 0.454 e. The average Bonchev–Trinajstić information content (AvgIpc) is 2.94. The van der Waals surface area contributed by atoms with Crippen LogP contribution in [0.4, 0.5) is 0 Å². The summed E-state index contributed by atoms with van der Waals surface area (Å²) >= 11 is 0. The summed E-state index contributed by atoms with van der Waals surface area (Å²) in [6.45, 7) is 6.81. The predicted octanol–water partition coefficient (Wildman–Crippen LogP) is 0.751. The highest BCUT2D eigenvalue weighted by atomic mass is 35.5. The van der Waals surface area contributed by atoms with Gasteiger partial charge in [-0.2, -0.15) is 0 Å². The van der Waals surface area contributed by atoms with E-state index in [4.69, 9.17) is 9.47 Å². The molecule has 0 atom stereocenters. The molecular formula is C14H23Cl2N3O4S. The zero-order valence-corrected chi connectivity index (χ0v) is 15.9. The molecule has 0 aromatic heterocycles. The number of fused-ring (bicyclic) bond motifs is 1. The molecule has 2 aliphatic heterocycles. The Labute approximate surface area is 154 Å². The fraction of sp³-hybridized carbons (Fsp3) is 0.571. The average molecular weight is 400 g/mol. The van der Waals surface area contributed by atoms with Crippen LogP contribution in [0.15, 0.2) is 17.0 Å². The number of nitrogens with zero attached hydrogens (tertiary/aromatic N) is 1. The quantitative estimate of drug-likeness (QED) is 0.760. The van der Waals surface area contributed by atoms with Gasteiger partial charge < -0.3 is 14.8 Å². The third-order valence-electron chi connectivity index (χ3n) is 3.89. The van der Waals surface area contributed by atoms with Crippen molar-refractivity contribution in [1.82, 2.24) is 14.9 Å². The Balaban J connectivity index is 0.00000144. The fourth-order valence-corrected chi connectivity index (χ4v) is 3.93. The predicted molar refractivity (Wildman–Crippen MR) is 96.3 cm³/mol. The van der Waals surface area contributed by atoms with Crippen molar-refractivity contribution in [1.29, 1.82) is 0 Å². The van der Waals surface area contributed by atoms with Crippen molar-refractivity contribution in [3.63, 3.8) is 0 Å². The van der Waals surface area contributed by atoms with Gasteiger partial charge >= 0.3 is 0 Å². The van der Waals surface area contributed by atoms with Crippen molar-refractivity contribution in [2.45, 2.75) is 11.8 Å². The minimum absolute atomic E-state index is 0. The summed E-state index contributed by atoms with van der Waals surface area (Å²) in [7, 11) is -3.54. The van der Waals surface area contributed by atoms with Crippen LogP contribution in [0.3, 0.4) is 0 Å². The van der Waals surface area contributed by atoms with Crippen LogP contribution >= 0.6 is 24.8 Å². The second-order valence-corrected chi connectivity index (χ2v) is 7.20. The number of hydrogen-bond acceptors (Lipinski definition) is 6. The van der Waals surface area contributed by atoms with Gasteiger partial charge in [-0.05, 0) is 18.6 Å². The third-order valence-corrected chi connectivity index (χ3v) is 5.49. The Hall–Kier alpha value is -0.770. The summed E-state index contributed by atoms with van der Waals surface area (Å²) in [4.78, 5) is 2.49. The van der Waals surface area contributed by atoms with Crippen LogP contribution in [0.2, 0.25) is 0 Å². The van der Waals surface area contributed by atoms with Crippen LogP contribution < -0.4 is 19.5 Å². The molecule has 2 N–H and O–H groups in total. The second-order valence-electron chi connectivity index (χ2n) is 5.46. The number of benzene rings is 1.